The maximum absolute atomic E-state index is 13.8. The van der Waals surface area contributed by atoms with Crippen molar-refractivity contribution in [1.82, 2.24) is 4.98 Å². The lowest BCUT2D eigenvalue weighted by Crippen LogP contribution is -2.13. The molecular weight excluding hydrogens is 396 g/mol. The van der Waals surface area contributed by atoms with Gasteiger partial charge in [0.1, 0.15) is 5.82 Å². The van der Waals surface area contributed by atoms with Gasteiger partial charge in [0, 0.05) is 17.7 Å². The van der Waals surface area contributed by atoms with E-state index in [-0.39, 0.29) is 52.4 Å². The van der Waals surface area contributed by atoms with E-state index in [4.69, 9.17) is 4.42 Å². The number of halogens is 4. The molecule has 1 aromatic heterocycles. The van der Waals surface area contributed by atoms with E-state index in [0.717, 1.165) is 0 Å². The number of oxazole rings is 1. The molecule has 0 radical (unpaired) electrons. The molecule has 0 saturated heterocycles. The van der Waals surface area contributed by atoms with Gasteiger partial charge in [0.25, 0.3) is 0 Å². The maximum atomic E-state index is 13.8. The largest absolute Gasteiger partial charge is 0.446 e. The monoisotopic (exact) mass is 410 g/mol. The second kappa shape index (κ2) is 8.47. The summed E-state index contributed by atoms with van der Waals surface area (Å²) < 4.78 is 57.0. The molecule has 4 nitrogen and oxygen atoms in total. The van der Waals surface area contributed by atoms with Crippen molar-refractivity contribution < 1.29 is 26.8 Å². The number of aryl methyl sites for hydroxylation is 1. The molecule has 3 rings (SSSR count). The first kappa shape index (κ1) is 19.9. The van der Waals surface area contributed by atoms with Crippen molar-refractivity contribution in [2.24, 2.45) is 0 Å². The number of carbonyl (C=O) groups is 1. The summed E-state index contributed by atoms with van der Waals surface area (Å²) in [4.78, 5) is 16.0. The number of carbonyl (C=O) groups excluding carboxylic acids is 1. The van der Waals surface area contributed by atoms with Crippen LogP contribution in [0.1, 0.15) is 12.3 Å². The van der Waals surface area contributed by atoms with Crippen molar-refractivity contribution in [1.29, 1.82) is 0 Å². The van der Waals surface area contributed by atoms with Crippen molar-refractivity contribution in [2.75, 3.05) is 5.32 Å². The normalized spacial score (nSPS) is 11.4. The van der Waals surface area contributed by atoms with Crippen LogP contribution in [-0.2, 0) is 11.2 Å². The van der Waals surface area contributed by atoms with Crippen LogP contribution in [0.4, 0.5) is 23.2 Å². The van der Waals surface area contributed by atoms with Crippen LogP contribution in [0.5, 0.6) is 0 Å². The van der Waals surface area contributed by atoms with Crippen molar-refractivity contribution in [3.63, 3.8) is 0 Å². The highest BCUT2D eigenvalue weighted by Gasteiger charge is 2.30. The minimum Gasteiger partial charge on any atom is -0.441 e. The molecule has 0 atom stereocenters. The van der Waals surface area contributed by atoms with Crippen molar-refractivity contribution in [3.05, 3.63) is 66.4 Å². The Morgan fingerprint density at radius 3 is 2.57 bits per heavy atom. The van der Waals surface area contributed by atoms with Crippen LogP contribution in [0.3, 0.4) is 0 Å². The Balaban J connectivity index is 1.61. The molecule has 3 aromatic rings. The molecule has 1 N–H and O–H groups in total. The van der Waals surface area contributed by atoms with Gasteiger partial charge in [-0.2, -0.15) is 13.2 Å². The Hall–Kier alpha value is -2.81. The van der Waals surface area contributed by atoms with Gasteiger partial charge in [-0.15, -0.1) is 0 Å². The lowest BCUT2D eigenvalue weighted by molar-refractivity contribution is -0.116. The van der Waals surface area contributed by atoms with Gasteiger partial charge in [-0.25, -0.2) is 9.37 Å². The number of aromatic nitrogens is 1. The number of rotatable bonds is 6. The zero-order valence-corrected chi connectivity index (χ0v) is 15.1. The second-order valence-electron chi connectivity index (χ2n) is 5.69. The predicted molar refractivity (Wildman–Crippen MR) is 97.2 cm³/mol. The first-order valence-corrected chi connectivity index (χ1v) is 8.98. The number of benzene rings is 2. The summed E-state index contributed by atoms with van der Waals surface area (Å²) in [6, 6.07) is 11.7. The van der Waals surface area contributed by atoms with Gasteiger partial charge in [0.2, 0.25) is 5.91 Å². The third-order valence-electron chi connectivity index (χ3n) is 3.65. The molecule has 0 aliphatic rings. The van der Waals surface area contributed by atoms with Crippen LogP contribution in [0.25, 0.3) is 11.3 Å². The van der Waals surface area contributed by atoms with Crippen LogP contribution in [0.15, 0.2) is 64.0 Å². The number of para-hydroxylation sites is 1. The summed E-state index contributed by atoms with van der Waals surface area (Å²) in [6.45, 7) is 0. The molecule has 0 spiro atoms. The summed E-state index contributed by atoms with van der Waals surface area (Å²) in [6.07, 6.45) is 1.43. The van der Waals surface area contributed by atoms with E-state index < -0.39 is 17.2 Å². The fourth-order valence-electron chi connectivity index (χ4n) is 2.43. The molecule has 28 heavy (non-hydrogen) atoms. The van der Waals surface area contributed by atoms with Crippen molar-refractivity contribution in [3.8, 4) is 11.3 Å². The van der Waals surface area contributed by atoms with Gasteiger partial charge in [-0.3, -0.25) is 4.79 Å². The molecule has 0 unspecified atom stereocenters. The highest BCUT2D eigenvalue weighted by atomic mass is 32.2. The molecule has 1 heterocycles. The summed E-state index contributed by atoms with van der Waals surface area (Å²) in [5.41, 5.74) is -4.12. The molecule has 1 amide bonds. The Labute approximate surface area is 162 Å². The smallest absolute Gasteiger partial charge is 0.441 e. The number of hydrogen-bond acceptors (Lipinski definition) is 4. The highest BCUT2D eigenvalue weighted by molar-refractivity contribution is 8.00. The van der Waals surface area contributed by atoms with Crippen LogP contribution in [0, 0.1) is 5.82 Å². The van der Waals surface area contributed by atoms with Gasteiger partial charge in [0.15, 0.2) is 11.7 Å². The van der Waals surface area contributed by atoms with Crippen molar-refractivity contribution >= 4 is 23.4 Å². The number of thioether (sulfide) groups is 1. The van der Waals surface area contributed by atoms with E-state index in [0.29, 0.717) is 0 Å². The van der Waals surface area contributed by atoms with E-state index >= 15 is 0 Å². The quantitative estimate of drug-likeness (QED) is 0.421. The third kappa shape index (κ3) is 5.35. The fraction of sp³-hybridized carbons (Fsp3) is 0.158. The number of anilines is 1. The van der Waals surface area contributed by atoms with E-state index in [1.165, 1.54) is 36.5 Å². The molecule has 9 heteroatoms. The number of nitrogens with zero attached hydrogens (tertiary/aromatic N) is 1. The SMILES string of the molecule is O=C(CCc1ncc(-c2ccccc2F)o1)Nc1ccccc1SC(F)(F)F. The first-order chi connectivity index (χ1) is 13.3. The minimum atomic E-state index is -4.46. The Morgan fingerprint density at radius 1 is 1.11 bits per heavy atom. The second-order valence-corrected chi connectivity index (χ2v) is 6.80. The van der Waals surface area contributed by atoms with Gasteiger partial charge < -0.3 is 9.73 Å². The van der Waals surface area contributed by atoms with Crippen LogP contribution >= 0.6 is 11.8 Å². The zero-order valence-electron chi connectivity index (χ0n) is 14.3. The molecule has 0 saturated carbocycles. The number of amides is 1. The van der Waals surface area contributed by atoms with E-state index in [1.54, 1.807) is 18.2 Å². The zero-order chi connectivity index (χ0) is 20.1. The molecular formula is C19H14F4N2O2S. The van der Waals surface area contributed by atoms with Gasteiger partial charge >= 0.3 is 5.51 Å². The maximum Gasteiger partial charge on any atom is 0.446 e. The first-order valence-electron chi connectivity index (χ1n) is 8.16. The topological polar surface area (TPSA) is 55.1 Å². The summed E-state index contributed by atoms with van der Waals surface area (Å²) in [7, 11) is 0. The predicted octanol–water partition coefficient (Wildman–Crippen LogP) is 5.66. The van der Waals surface area contributed by atoms with E-state index in [2.05, 4.69) is 10.3 Å². The Bertz CT molecular complexity index is 972. The standard InChI is InChI=1S/C19H14F4N2O2S/c20-13-6-2-1-5-12(13)15-11-24-18(27-15)10-9-17(26)25-14-7-3-4-8-16(14)28-19(21,22)23/h1-8,11H,9-10H2,(H,25,26). The Morgan fingerprint density at radius 2 is 1.82 bits per heavy atom. The van der Waals surface area contributed by atoms with Crippen LogP contribution in [-0.4, -0.2) is 16.4 Å². The molecule has 0 fully saturated rings. The lowest BCUT2D eigenvalue weighted by Gasteiger charge is -2.11. The van der Waals surface area contributed by atoms with E-state index in [1.807, 2.05) is 0 Å². The summed E-state index contributed by atoms with van der Waals surface area (Å²) in [5.74, 6) is -0.477. The molecule has 2 aromatic carbocycles. The van der Waals surface area contributed by atoms with E-state index in [9.17, 15) is 22.4 Å². The molecule has 146 valence electrons. The van der Waals surface area contributed by atoms with Gasteiger partial charge in [-0.1, -0.05) is 24.3 Å². The molecule has 0 aliphatic heterocycles. The van der Waals surface area contributed by atoms with Gasteiger partial charge in [-0.05, 0) is 36.0 Å². The van der Waals surface area contributed by atoms with Crippen LogP contribution in [0.2, 0.25) is 0 Å². The summed E-state index contributed by atoms with van der Waals surface area (Å²) in [5, 5.41) is 2.46. The fourth-order valence-corrected chi connectivity index (χ4v) is 3.05. The number of nitrogens with one attached hydrogen (secondary N) is 1. The highest BCUT2D eigenvalue weighted by Crippen LogP contribution is 2.40. The van der Waals surface area contributed by atoms with Gasteiger partial charge in [0.05, 0.1) is 17.4 Å². The Kier molecular flexibility index (Phi) is 6.03. The number of hydrogen-bond donors (Lipinski definition) is 1. The van der Waals surface area contributed by atoms with Crippen molar-refractivity contribution in [2.45, 2.75) is 23.2 Å². The summed E-state index contributed by atoms with van der Waals surface area (Å²) >= 11 is -0.295. The third-order valence-corrected chi connectivity index (χ3v) is 4.45. The minimum absolute atomic E-state index is 0.0533. The lowest BCUT2D eigenvalue weighted by atomic mass is 10.2. The average molecular weight is 410 g/mol. The molecule has 0 bridgehead atoms. The molecule has 0 aliphatic carbocycles. The van der Waals surface area contributed by atoms with Crippen LogP contribution < -0.4 is 5.32 Å². The number of alkyl halides is 3. The average Bonchev–Trinajstić information content (AvgIpc) is 3.10.